The molecule has 106 valence electrons. The minimum absolute atomic E-state index is 0.376. The number of hydrogen-bond acceptors (Lipinski definition) is 3. The second-order valence-corrected chi connectivity index (χ2v) is 5.45. The SMILES string of the molecule is COc1ccc([C@H](C)N2CCC(OC)CC2)cc1Cl. The average Bonchev–Trinajstić information content (AvgIpc) is 2.46. The van der Waals surface area contributed by atoms with Crippen LogP contribution in [0, 0.1) is 0 Å². The number of rotatable bonds is 4. The van der Waals surface area contributed by atoms with Crippen molar-refractivity contribution in [3.63, 3.8) is 0 Å². The summed E-state index contributed by atoms with van der Waals surface area (Å²) in [5.74, 6) is 0.732. The second-order valence-electron chi connectivity index (χ2n) is 5.04. The number of likely N-dealkylation sites (tertiary alicyclic amines) is 1. The number of ether oxygens (including phenoxy) is 2. The van der Waals surface area contributed by atoms with Gasteiger partial charge in [-0.3, -0.25) is 4.90 Å². The first-order valence-electron chi connectivity index (χ1n) is 6.76. The summed E-state index contributed by atoms with van der Waals surface area (Å²) >= 11 is 6.19. The third-order valence-corrected chi connectivity index (χ3v) is 4.31. The van der Waals surface area contributed by atoms with Gasteiger partial charge in [-0.2, -0.15) is 0 Å². The molecule has 0 saturated carbocycles. The maximum absolute atomic E-state index is 6.19. The molecule has 0 spiro atoms. The van der Waals surface area contributed by atoms with Crippen LogP contribution in [0.2, 0.25) is 5.02 Å². The molecule has 1 aliphatic heterocycles. The lowest BCUT2D eigenvalue weighted by atomic mass is 10.0. The van der Waals surface area contributed by atoms with E-state index in [0.29, 0.717) is 17.2 Å². The van der Waals surface area contributed by atoms with Crippen LogP contribution in [0.5, 0.6) is 5.75 Å². The molecule has 0 amide bonds. The van der Waals surface area contributed by atoms with Crippen LogP contribution in [0.15, 0.2) is 18.2 Å². The van der Waals surface area contributed by atoms with Crippen molar-refractivity contribution in [2.45, 2.75) is 31.9 Å². The molecule has 1 atom stereocenters. The lowest BCUT2D eigenvalue weighted by Crippen LogP contribution is -2.38. The Labute approximate surface area is 120 Å². The molecule has 0 radical (unpaired) electrons. The van der Waals surface area contributed by atoms with E-state index in [9.17, 15) is 0 Å². The van der Waals surface area contributed by atoms with Crippen molar-refractivity contribution >= 4 is 11.6 Å². The van der Waals surface area contributed by atoms with Crippen LogP contribution in [0.3, 0.4) is 0 Å². The molecule has 4 heteroatoms. The number of methoxy groups -OCH3 is 2. The normalized spacial score (nSPS) is 19.4. The van der Waals surface area contributed by atoms with Gasteiger partial charge in [0.05, 0.1) is 18.2 Å². The van der Waals surface area contributed by atoms with E-state index in [2.05, 4.69) is 17.9 Å². The third kappa shape index (κ3) is 3.41. The number of piperidine rings is 1. The average molecular weight is 284 g/mol. The smallest absolute Gasteiger partial charge is 0.137 e. The molecule has 1 heterocycles. The first kappa shape index (κ1) is 14.6. The van der Waals surface area contributed by atoms with E-state index < -0.39 is 0 Å². The van der Waals surface area contributed by atoms with E-state index >= 15 is 0 Å². The molecule has 3 nitrogen and oxygen atoms in total. The summed E-state index contributed by atoms with van der Waals surface area (Å²) in [5.41, 5.74) is 1.24. The zero-order valence-corrected chi connectivity index (χ0v) is 12.6. The fourth-order valence-electron chi connectivity index (χ4n) is 2.65. The molecule has 0 unspecified atom stereocenters. The summed E-state index contributed by atoms with van der Waals surface area (Å²) in [4.78, 5) is 2.48. The van der Waals surface area contributed by atoms with Crippen molar-refractivity contribution in [3.05, 3.63) is 28.8 Å². The zero-order valence-electron chi connectivity index (χ0n) is 11.9. The molecular formula is C15H22ClNO2. The minimum atomic E-state index is 0.376. The van der Waals surface area contributed by atoms with E-state index in [-0.39, 0.29) is 0 Å². The molecule has 0 aliphatic carbocycles. The van der Waals surface area contributed by atoms with Crippen molar-refractivity contribution in [1.29, 1.82) is 0 Å². The first-order valence-corrected chi connectivity index (χ1v) is 7.13. The molecule has 1 aromatic carbocycles. The summed E-state index contributed by atoms with van der Waals surface area (Å²) in [5, 5.41) is 0.679. The van der Waals surface area contributed by atoms with Crippen LogP contribution < -0.4 is 4.74 Å². The number of hydrogen-bond donors (Lipinski definition) is 0. The van der Waals surface area contributed by atoms with E-state index in [0.717, 1.165) is 31.7 Å². The minimum Gasteiger partial charge on any atom is -0.495 e. The van der Waals surface area contributed by atoms with Gasteiger partial charge < -0.3 is 9.47 Å². The predicted molar refractivity (Wildman–Crippen MR) is 78.0 cm³/mol. The highest BCUT2D eigenvalue weighted by molar-refractivity contribution is 6.32. The number of nitrogens with zero attached hydrogens (tertiary/aromatic N) is 1. The molecule has 19 heavy (non-hydrogen) atoms. The Morgan fingerprint density at radius 3 is 2.47 bits per heavy atom. The molecule has 0 bridgehead atoms. The van der Waals surface area contributed by atoms with Gasteiger partial charge in [-0.15, -0.1) is 0 Å². The van der Waals surface area contributed by atoms with Crippen molar-refractivity contribution in [2.24, 2.45) is 0 Å². The van der Waals surface area contributed by atoms with Crippen LogP contribution in [-0.4, -0.2) is 38.3 Å². The van der Waals surface area contributed by atoms with Gasteiger partial charge in [0, 0.05) is 26.2 Å². The summed E-state index contributed by atoms with van der Waals surface area (Å²) in [6.07, 6.45) is 2.62. The van der Waals surface area contributed by atoms with Gasteiger partial charge in [-0.1, -0.05) is 17.7 Å². The van der Waals surface area contributed by atoms with Crippen molar-refractivity contribution in [2.75, 3.05) is 27.3 Å². The van der Waals surface area contributed by atoms with Crippen LogP contribution in [-0.2, 0) is 4.74 Å². The summed E-state index contributed by atoms with van der Waals surface area (Å²) in [7, 11) is 3.44. The molecule has 0 aromatic heterocycles. The first-order chi connectivity index (χ1) is 9.15. The Morgan fingerprint density at radius 2 is 1.95 bits per heavy atom. The highest BCUT2D eigenvalue weighted by Crippen LogP contribution is 2.31. The van der Waals surface area contributed by atoms with E-state index in [1.807, 2.05) is 12.1 Å². The summed E-state index contributed by atoms with van der Waals surface area (Å²) < 4.78 is 10.6. The van der Waals surface area contributed by atoms with Gasteiger partial charge in [0.15, 0.2) is 0 Å². The number of halogens is 1. The van der Waals surface area contributed by atoms with Gasteiger partial charge >= 0.3 is 0 Å². The quantitative estimate of drug-likeness (QED) is 0.844. The van der Waals surface area contributed by atoms with Gasteiger partial charge in [0.2, 0.25) is 0 Å². The van der Waals surface area contributed by atoms with Gasteiger partial charge in [-0.05, 0) is 37.5 Å². The van der Waals surface area contributed by atoms with Crippen molar-refractivity contribution in [3.8, 4) is 5.75 Å². The predicted octanol–water partition coefficient (Wildman–Crippen LogP) is 3.52. The van der Waals surface area contributed by atoms with E-state index in [1.165, 1.54) is 5.56 Å². The standard InChI is InChI=1S/C15H22ClNO2/c1-11(17-8-6-13(18-2)7-9-17)12-4-5-15(19-3)14(16)10-12/h4-5,10-11,13H,6-9H2,1-3H3/t11-/m0/s1. The Balaban J connectivity index is 2.03. The lowest BCUT2D eigenvalue weighted by molar-refractivity contribution is 0.0295. The fraction of sp³-hybridized carbons (Fsp3) is 0.600. The van der Waals surface area contributed by atoms with E-state index in [4.69, 9.17) is 21.1 Å². The largest absolute Gasteiger partial charge is 0.495 e. The van der Waals surface area contributed by atoms with Crippen LogP contribution >= 0.6 is 11.6 Å². The molecule has 1 fully saturated rings. The Hall–Kier alpha value is -0.770. The maximum atomic E-state index is 6.19. The topological polar surface area (TPSA) is 21.7 Å². The second kappa shape index (κ2) is 6.60. The molecule has 1 aromatic rings. The Bertz CT molecular complexity index is 417. The molecule has 2 rings (SSSR count). The van der Waals surface area contributed by atoms with Crippen LogP contribution in [0.1, 0.15) is 31.4 Å². The number of benzene rings is 1. The summed E-state index contributed by atoms with van der Waals surface area (Å²) in [6.45, 7) is 4.37. The zero-order chi connectivity index (χ0) is 13.8. The third-order valence-electron chi connectivity index (χ3n) is 4.02. The van der Waals surface area contributed by atoms with Gasteiger partial charge in [-0.25, -0.2) is 0 Å². The molecule has 1 aliphatic rings. The van der Waals surface area contributed by atoms with Gasteiger partial charge in [0.1, 0.15) is 5.75 Å². The van der Waals surface area contributed by atoms with Gasteiger partial charge in [0.25, 0.3) is 0 Å². The van der Waals surface area contributed by atoms with E-state index in [1.54, 1.807) is 14.2 Å². The highest BCUT2D eigenvalue weighted by atomic mass is 35.5. The van der Waals surface area contributed by atoms with Crippen molar-refractivity contribution in [1.82, 2.24) is 4.90 Å². The maximum Gasteiger partial charge on any atom is 0.137 e. The monoisotopic (exact) mass is 283 g/mol. The Kier molecular flexibility index (Phi) is 5.08. The molecular weight excluding hydrogens is 262 g/mol. The van der Waals surface area contributed by atoms with Crippen LogP contribution in [0.4, 0.5) is 0 Å². The summed E-state index contributed by atoms with van der Waals surface area (Å²) in [6, 6.07) is 6.42. The van der Waals surface area contributed by atoms with Crippen molar-refractivity contribution < 1.29 is 9.47 Å². The molecule has 0 N–H and O–H groups in total. The fourth-order valence-corrected chi connectivity index (χ4v) is 2.92. The Morgan fingerprint density at radius 1 is 1.26 bits per heavy atom. The molecule has 1 saturated heterocycles. The van der Waals surface area contributed by atoms with Crippen LogP contribution in [0.25, 0.3) is 0 Å². The lowest BCUT2D eigenvalue weighted by Gasteiger charge is -2.35. The highest BCUT2D eigenvalue weighted by Gasteiger charge is 2.23.